The highest BCUT2D eigenvalue weighted by atomic mass is 16.5. The van der Waals surface area contributed by atoms with Gasteiger partial charge in [-0.3, -0.25) is 9.59 Å². The fourth-order valence-corrected chi connectivity index (χ4v) is 2.96. The van der Waals surface area contributed by atoms with Crippen LogP contribution in [0.2, 0.25) is 0 Å². The molecular formula is C13H15N3O4. The summed E-state index contributed by atoms with van der Waals surface area (Å²) >= 11 is 0. The quantitative estimate of drug-likeness (QED) is 0.815. The predicted octanol–water partition coefficient (Wildman–Crippen LogP) is -0.0418. The zero-order valence-corrected chi connectivity index (χ0v) is 11.1. The molecule has 2 saturated heterocycles. The van der Waals surface area contributed by atoms with Crippen LogP contribution in [-0.2, 0) is 9.53 Å². The van der Waals surface area contributed by atoms with Gasteiger partial charge in [0.1, 0.15) is 11.7 Å². The molecule has 0 spiro atoms. The monoisotopic (exact) mass is 277 g/mol. The van der Waals surface area contributed by atoms with Gasteiger partial charge in [-0.05, 0) is 6.92 Å². The zero-order chi connectivity index (χ0) is 14.3. The van der Waals surface area contributed by atoms with Gasteiger partial charge in [0, 0.05) is 25.2 Å². The summed E-state index contributed by atoms with van der Waals surface area (Å²) in [5.74, 6) is -1.25. The standard InChI is InChI=1S/C13H15N3O4/c1-8-10(2-14-7-15-8)11(17)16-3-9-4-20-6-13(9,5-16)12(18)19/h2,7,9H,3-6H2,1H3,(H,18,19)/t9-,13-/m1/s1. The van der Waals surface area contributed by atoms with Gasteiger partial charge in [0.15, 0.2) is 0 Å². The van der Waals surface area contributed by atoms with Crippen molar-refractivity contribution in [3.8, 4) is 0 Å². The number of fused-ring (bicyclic) bond motifs is 1. The Labute approximate surface area is 115 Å². The van der Waals surface area contributed by atoms with Crippen LogP contribution in [0.1, 0.15) is 16.1 Å². The fourth-order valence-electron chi connectivity index (χ4n) is 2.96. The van der Waals surface area contributed by atoms with E-state index in [-0.39, 0.29) is 25.0 Å². The van der Waals surface area contributed by atoms with Crippen LogP contribution in [0.5, 0.6) is 0 Å². The summed E-state index contributed by atoms with van der Waals surface area (Å²) in [5.41, 5.74) is 0.0655. The minimum absolute atomic E-state index is 0.145. The summed E-state index contributed by atoms with van der Waals surface area (Å²) in [6.07, 6.45) is 2.86. The summed E-state index contributed by atoms with van der Waals surface area (Å²) in [6, 6.07) is 0. The van der Waals surface area contributed by atoms with E-state index >= 15 is 0 Å². The lowest BCUT2D eigenvalue weighted by Gasteiger charge is -2.22. The van der Waals surface area contributed by atoms with Gasteiger partial charge in [-0.25, -0.2) is 9.97 Å². The Kier molecular flexibility index (Phi) is 2.93. The van der Waals surface area contributed by atoms with Crippen LogP contribution < -0.4 is 0 Å². The number of carbonyl (C=O) groups excluding carboxylic acids is 1. The van der Waals surface area contributed by atoms with Crippen LogP contribution in [0.3, 0.4) is 0 Å². The van der Waals surface area contributed by atoms with E-state index in [9.17, 15) is 14.7 Å². The van der Waals surface area contributed by atoms with Crippen molar-refractivity contribution < 1.29 is 19.4 Å². The molecular weight excluding hydrogens is 262 g/mol. The maximum absolute atomic E-state index is 12.5. The maximum atomic E-state index is 12.5. The molecule has 0 aliphatic carbocycles. The van der Waals surface area contributed by atoms with E-state index in [0.717, 1.165) is 0 Å². The molecule has 2 aliphatic heterocycles. The van der Waals surface area contributed by atoms with Crippen LogP contribution in [-0.4, -0.2) is 58.2 Å². The average molecular weight is 277 g/mol. The second-order valence-electron chi connectivity index (χ2n) is 5.38. The van der Waals surface area contributed by atoms with Crippen LogP contribution >= 0.6 is 0 Å². The summed E-state index contributed by atoms with van der Waals surface area (Å²) in [5, 5.41) is 9.46. The van der Waals surface area contributed by atoms with Gasteiger partial charge >= 0.3 is 5.97 Å². The average Bonchev–Trinajstić information content (AvgIpc) is 2.96. The van der Waals surface area contributed by atoms with Crippen molar-refractivity contribution in [2.24, 2.45) is 11.3 Å². The molecule has 1 N–H and O–H groups in total. The number of amides is 1. The number of hydrogen-bond donors (Lipinski definition) is 1. The number of ether oxygens (including phenoxy) is 1. The lowest BCUT2D eigenvalue weighted by atomic mass is 9.81. The fraction of sp³-hybridized carbons (Fsp3) is 0.538. The highest BCUT2D eigenvalue weighted by molar-refractivity contribution is 5.95. The first kappa shape index (κ1) is 13.0. The highest BCUT2D eigenvalue weighted by Crippen LogP contribution is 2.41. The Morgan fingerprint density at radius 1 is 1.55 bits per heavy atom. The Morgan fingerprint density at radius 3 is 3.00 bits per heavy atom. The second-order valence-corrected chi connectivity index (χ2v) is 5.38. The van der Waals surface area contributed by atoms with E-state index in [0.29, 0.717) is 24.4 Å². The number of aromatic nitrogens is 2. The minimum atomic E-state index is -0.959. The van der Waals surface area contributed by atoms with Crippen molar-refractivity contribution in [2.45, 2.75) is 6.92 Å². The van der Waals surface area contributed by atoms with Crippen molar-refractivity contribution in [3.63, 3.8) is 0 Å². The molecule has 7 heteroatoms. The lowest BCUT2D eigenvalue weighted by Crippen LogP contribution is -2.40. The third-order valence-corrected chi connectivity index (χ3v) is 4.23. The van der Waals surface area contributed by atoms with Gasteiger partial charge < -0.3 is 14.7 Å². The van der Waals surface area contributed by atoms with Gasteiger partial charge in [-0.2, -0.15) is 0 Å². The second kappa shape index (κ2) is 4.52. The first-order valence-corrected chi connectivity index (χ1v) is 6.41. The van der Waals surface area contributed by atoms with E-state index in [1.807, 2.05) is 0 Å². The summed E-state index contributed by atoms with van der Waals surface area (Å²) in [6.45, 7) is 2.88. The molecule has 106 valence electrons. The Hall–Kier alpha value is -2.02. The van der Waals surface area contributed by atoms with Gasteiger partial charge in [0.2, 0.25) is 0 Å². The molecule has 7 nitrogen and oxygen atoms in total. The summed E-state index contributed by atoms with van der Waals surface area (Å²) < 4.78 is 5.29. The number of likely N-dealkylation sites (tertiary alicyclic amines) is 1. The molecule has 0 saturated carbocycles. The van der Waals surface area contributed by atoms with Crippen molar-refractivity contribution >= 4 is 11.9 Å². The largest absolute Gasteiger partial charge is 0.481 e. The third-order valence-electron chi connectivity index (χ3n) is 4.23. The molecule has 0 unspecified atom stereocenters. The Morgan fingerprint density at radius 2 is 2.35 bits per heavy atom. The van der Waals surface area contributed by atoms with Crippen LogP contribution in [0.25, 0.3) is 0 Å². The van der Waals surface area contributed by atoms with Crippen molar-refractivity contribution in [1.82, 2.24) is 14.9 Å². The molecule has 1 amide bonds. The number of carboxylic acids is 1. The number of carbonyl (C=O) groups is 2. The molecule has 1 aromatic rings. The topological polar surface area (TPSA) is 92.6 Å². The summed E-state index contributed by atoms with van der Waals surface area (Å²) in [7, 11) is 0. The number of rotatable bonds is 2. The first-order chi connectivity index (χ1) is 9.54. The Bertz CT molecular complexity index is 576. The number of aryl methyl sites for hydroxylation is 1. The van der Waals surface area contributed by atoms with Crippen LogP contribution in [0, 0.1) is 18.3 Å². The molecule has 0 bridgehead atoms. The highest BCUT2D eigenvalue weighted by Gasteiger charge is 2.57. The van der Waals surface area contributed by atoms with Gasteiger partial charge in [0.05, 0.1) is 24.5 Å². The number of hydrogen-bond acceptors (Lipinski definition) is 5. The molecule has 0 radical (unpaired) electrons. The number of nitrogens with zero attached hydrogens (tertiary/aromatic N) is 3. The van der Waals surface area contributed by atoms with E-state index in [1.54, 1.807) is 11.8 Å². The number of aliphatic carboxylic acids is 1. The van der Waals surface area contributed by atoms with Crippen molar-refractivity contribution in [2.75, 3.05) is 26.3 Å². The predicted molar refractivity (Wildman–Crippen MR) is 67.1 cm³/mol. The third kappa shape index (κ3) is 1.77. The van der Waals surface area contributed by atoms with E-state index in [2.05, 4.69) is 9.97 Å². The molecule has 2 atom stereocenters. The summed E-state index contributed by atoms with van der Waals surface area (Å²) in [4.78, 5) is 33.4. The zero-order valence-electron chi connectivity index (χ0n) is 11.1. The number of carboxylic acid groups (broad SMARTS) is 1. The normalized spacial score (nSPS) is 28.4. The molecule has 1 aromatic heterocycles. The van der Waals surface area contributed by atoms with Crippen molar-refractivity contribution in [1.29, 1.82) is 0 Å². The van der Waals surface area contributed by atoms with Gasteiger partial charge in [0.25, 0.3) is 5.91 Å². The van der Waals surface area contributed by atoms with Gasteiger partial charge in [-0.1, -0.05) is 0 Å². The van der Waals surface area contributed by atoms with Crippen LogP contribution in [0.4, 0.5) is 0 Å². The molecule has 2 fully saturated rings. The smallest absolute Gasteiger partial charge is 0.314 e. The van der Waals surface area contributed by atoms with E-state index < -0.39 is 11.4 Å². The van der Waals surface area contributed by atoms with E-state index in [1.165, 1.54) is 12.5 Å². The molecule has 3 heterocycles. The lowest BCUT2D eigenvalue weighted by molar-refractivity contribution is -0.149. The minimum Gasteiger partial charge on any atom is -0.481 e. The SMILES string of the molecule is Cc1ncncc1C(=O)N1C[C@@H]2COC[C@]2(C(=O)O)C1. The first-order valence-electron chi connectivity index (χ1n) is 6.41. The molecule has 0 aromatic carbocycles. The van der Waals surface area contributed by atoms with E-state index in [4.69, 9.17) is 4.74 Å². The van der Waals surface area contributed by atoms with Gasteiger partial charge in [-0.15, -0.1) is 0 Å². The maximum Gasteiger partial charge on any atom is 0.314 e. The molecule has 2 aliphatic rings. The Balaban J connectivity index is 1.86. The van der Waals surface area contributed by atoms with Crippen LogP contribution in [0.15, 0.2) is 12.5 Å². The van der Waals surface area contributed by atoms with Crippen molar-refractivity contribution in [3.05, 3.63) is 23.8 Å². The molecule has 20 heavy (non-hydrogen) atoms. The molecule has 3 rings (SSSR count).